The van der Waals surface area contributed by atoms with Gasteiger partial charge in [0, 0.05) is 25.9 Å². The van der Waals surface area contributed by atoms with Crippen molar-refractivity contribution in [3.8, 4) is 0 Å². The van der Waals surface area contributed by atoms with Crippen molar-refractivity contribution < 1.29 is 33.7 Å². The Morgan fingerprint density at radius 1 is 0.655 bits per heavy atom. The Kier molecular flexibility index (Phi) is 15.1. The molecule has 1 rings (SSSR count). The Labute approximate surface area is 174 Å². The molecule has 0 amide bonds. The molecule has 1 fully saturated rings. The van der Waals surface area contributed by atoms with Gasteiger partial charge in [-0.05, 0) is 44.4 Å². The predicted molar refractivity (Wildman–Crippen MR) is 108 cm³/mol. The molecule has 7 heteroatoms. The third kappa shape index (κ3) is 14.9. The van der Waals surface area contributed by atoms with Crippen LogP contribution < -0.4 is 0 Å². The number of hydrogen-bond acceptors (Lipinski definition) is 7. The third-order valence-electron chi connectivity index (χ3n) is 5.17. The van der Waals surface area contributed by atoms with Gasteiger partial charge in [0.15, 0.2) is 0 Å². The summed E-state index contributed by atoms with van der Waals surface area (Å²) in [4.78, 5) is 34.7. The maximum Gasteiger partial charge on any atom is 0.305 e. The summed E-state index contributed by atoms with van der Waals surface area (Å²) in [5, 5.41) is 8.66. The normalized spacial score (nSPS) is 14.0. The van der Waals surface area contributed by atoms with E-state index in [-0.39, 0.29) is 37.7 Å². The van der Waals surface area contributed by atoms with Crippen LogP contribution in [-0.2, 0) is 28.6 Å². The fraction of sp³-hybridized carbons (Fsp3) is 0.864. The van der Waals surface area contributed by atoms with Gasteiger partial charge in [-0.15, -0.1) is 0 Å². The average Bonchev–Trinajstić information content (AvgIpc) is 3.23. The zero-order valence-corrected chi connectivity index (χ0v) is 17.7. The summed E-state index contributed by atoms with van der Waals surface area (Å²) >= 11 is 0. The van der Waals surface area contributed by atoms with Crippen LogP contribution in [0.4, 0.5) is 0 Å². The molecule has 0 unspecified atom stereocenters. The molecule has 29 heavy (non-hydrogen) atoms. The Morgan fingerprint density at radius 2 is 1.17 bits per heavy atom. The van der Waals surface area contributed by atoms with Gasteiger partial charge in [-0.3, -0.25) is 14.4 Å². The molecule has 0 radical (unpaired) electrons. The molecule has 0 aromatic rings. The molecular weight excluding hydrogens is 376 g/mol. The summed E-state index contributed by atoms with van der Waals surface area (Å²) in [6, 6.07) is 0. The number of carbonyl (C=O) groups is 3. The van der Waals surface area contributed by atoms with Crippen LogP contribution >= 0.6 is 0 Å². The topological polar surface area (TPSA) is 99.1 Å². The molecule has 1 aliphatic rings. The van der Waals surface area contributed by atoms with Gasteiger partial charge >= 0.3 is 17.9 Å². The highest BCUT2D eigenvalue weighted by atomic mass is 16.6. The standard InChI is InChI=1S/C22H38O7/c23-15-7-1-3-11-20(24)27-16-8-2-4-12-21(25)28-17-18-29-22(26)14-13-19-9-5-6-10-19/h19,23H,1-18H2. The lowest BCUT2D eigenvalue weighted by atomic mass is 10.0. The van der Waals surface area contributed by atoms with Crippen LogP contribution in [0.3, 0.4) is 0 Å². The monoisotopic (exact) mass is 414 g/mol. The van der Waals surface area contributed by atoms with Crippen LogP contribution in [0.1, 0.15) is 89.9 Å². The van der Waals surface area contributed by atoms with Crippen molar-refractivity contribution in [2.75, 3.05) is 26.4 Å². The largest absolute Gasteiger partial charge is 0.466 e. The van der Waals surface area contributed by atoms with Gasteiger partial charge in [-0.25, -0.2) is 0 Å². The molecule has 168 valence electrons. The Morgan fingerprint density at radius 3 is 1.76 bits per heavy atom. The highest BCUT2D eigenvalue weighted by Crippen LogP contribution is 2.28. The summed E-state index contributed by atoms with van der Waals surface area (Å²) < 4.78 is 15.3. The molecule has 0 saturated heterocycles. The van der Waals surface area contributed by atoms with Gasteiger partial charge in [-0.1, -0.05) is 32.1 Å². The fourth-order valence-electron chi connectivity index (χ4n) is 3.44. The number of aliphatic hydroxyl groups is 1. The predicted octanol–water partition coefficient (Wildman–Crippen LogP) is 3.70. The number of rotatable bonds is 17. The minimum atomic E-state index is -0.298. The van der Waals surface area contributed by atoms with Gasteiger partial charge in [-0.2, -0.15) is 0 Å². The van der Waals surface area contributed by atoms with Crippen molar-refractivity contribution in [2.45, 2.75) is 89.9 Å². The first-order chi connectivity index (χ1) is 14.1. The molecule has 7 nitrogen and oxygen atoms in total. The van der Waals surface area contributed by atoms with Crippen molar-refractivity contribution in [1.29, 1.82) is 0 Å². The Balaban J connectivity index is 1.85. The van der Waals surface area contributed by atoms with E-state index in [4.69, 9.17) is 19.3 Å². The molecule has 0 aliphatic heterocycles. The first-order valence-corrected chi connectivity index (χ1v) is 11.2. The third-order valence-corrected chi connectivity index (χ3v) is 5.17. The molecule has 0 aromatic heterocycles. The molecule has 0 heterocycles. The van der Waals surface area contributed by atoms with Crippen LogP contribution in [-0.4, -0.2) is 49.4 Å². The number of ether oxygens (including phenoxy) is 3. The Hall–Kier alpha value is -1.63. The van der Waals surface area contributed by atoms with E-state index in [1.165, 1.54) is 25.7 Å². The highest BCUT2D eigenvalue weighted by molar-refractivity contribution is 5.70. The summed E-state index contributed by atoms with van der Waals surface area (Å²) in [6.07, 6.45) is 11.5. The first kappa shape index (κ1) is 25.4. The van der Waals surface area contributed by atoms with Crippen molar-refractivity contribution >= 4 is 17.9 Å². The summed E-state index contributed by atoms with van der Waals surface area (Å²) in [5.74, 6) is -0.0512. The van der Waals surface area contributed by atoms with Crippen molar-refractivity contribution in [2.24, 2.45) is 5.92 Å². The van der Waals surface area contributed by atoms with Gasteiger partial charge in [0.1, 0.15) is 13.2 Å². The Bertz CT molecular complexity index is 458. The SMILES string of the molecule is O=C(CCCCCO)OCCCCCC(=O)OCCOC(=O)CCC1CCCC1. The molecule has 0 atom stereocenters. The average molecular weight is 415 g/mol. The number of aliphatic hydroxyl groups excluding tert-OH is 1. The first-order valence-electron chi connectivity index (χ1n) is 11.2. The smallest absolute Gasteiger partial charge is 0.305 e. The van der Waals surface area contributed by atoms with Crippen LogP contribution in [0.15, 0.2) is 0 Å². The zero-order chi connectivity index (χ0) is 21.2. The van der Waals surface area contributed by atoms with E-state index in [2.05, 4.69) is 0 Å². The minimum absolute atomic E-state index is 0.0991. The lowest BCUT2D eigenvalue weighted by Gasteiger charge is -2.09. The van der Waals surface area contributed by atoms with Crippen LogP contribution in [0, 0.1) is 5.92 Å². The minimum Gasteiger partial charge on any atom is -0.466 e. The van der Waals surface area contributed by atoms with Gasteiger partial charge in [0.05, 0.1) is 6.61 Å². The summed E-state index contributed by atoms with van der Waals surface area (Å²) in [6.45, 7) is 0.735. The molecule has 0 bridgehead atoms. The maximum atomic E-state index is 11.6. The van der Waals surface area contributed by atoms with Crippen molar-refractivity contribution in [1.82, 2.24) is 0 Å². The quantitative estimate of drug-likeness (QED) is 0.220. The fourth-order valence-corrected chi connectivity index (χ4v) is 3.44. The van der Waals surface area contributed by atoms with Gasteiger partial charge in [0.2, 0.25) is 0 Å². The molecule has 1 saturated carbocycles. The second-order valence-electron chi connectivity index (χ2n) is 7.70. The number of carbonyl (C=O) groups excluding carboxylic acids is 3. The van der Waals surface area contributed by atoms with Gasteiger partial charge in [0.25, 0.3) is 0 Å². The number of esters is 3. The number of hydrogen-bond donors (Lipinski definition) is 1. The van der Waals surface area contributed by atoms with E-state index in [0.29, 0.717) is 51.0 Å². The number of unbranched alkanes of at least 4 members (excludes halogenated alkanes) is 4. The molecule has 0 spiro atoms. The summed E-state index contributed by atoms with van der Waals surface area (Å²) in [5.41, 5.74) is 0. The van der Waals surface area contributed by atoms with E-state index in [0.717, 1.165) is 25.7 Å². The molecular formula is C22H38O7. The van der Waals surface area contributed by atoms with Crippen molar-refractivity contribution in [3.05, 3.63) is 0 Å². The van der Waals surface area contributed by atoms with Crippen LogP contribution in [0.2, 0.25) is 0 Å². The van der Waals surface area contributed by atoms with Crippen LogP contribution in [0.25, 0.3) is 0 Å². The zero-order valence-electron chi connectivity index (χ0n) is 17.7. The summed E-state index contributed by atoms with van der Waals surface area (Å²) in [7, 11) is 0. The van der Waals surface area contributed by atoms with E-state index in [9.17, 15) is 14.4 Å². The lowest BCUT2D eigenvalue weighted by molar-refractivity contribution is -0.152. The maximum absolute atomic E-state index is 11.6. The second-order valence-corrected chi connectivity index (χ2v) is 7.70. The van der Waals surface area contributed by atoms with E-state index in [1.54, 1.807) is 0 Å². The van der Waals surface area contributed by atoms with Gasteiger partial charge < -0.3 is 19.3 Å². The van der Waals surface area contributed by atoms with E-state index >= 15 is 0 Å². The lowest BCUT2D eigenvalue weighted by Crippen LogP contribution is -2.14. The second kappa shape index (κ2) is 17.2. The molecule has 1 aliphatic carbocycles. The molecule has 0 aromatic carbocycles. The van der Waals surface area contributed by atoms with Crippen molar-refractivity contribution in [3.63, 3.8) is 0 Å². The molecule has 1 N–H and O–H groups in total. The van der Waals surface area contributed by atoms with E-state index in [1.807, 2.05) is 0 Å². The van der Waals surface area contributed by atoms with E-state index < -0.39 is 0 Å². The van der Waals surface area contributed by atoms with Crippen LogP contribution in [0.5, 0.6) is 0 Å². The highest BCUT2D eigenvalue weighted by Gasteiger charge is 2.16.